The molecule has 3 heteroatoms. The van der Waals surface area contributed by atoms with Crippen molar-refractivity contribution in [2.45, 2.75) is 18.9 Å². The minimum absolute atomic E-state index is 0.128. The van der Waals surface area contributed by atoms with Gasteiger partial charge in [-0.2, -0.15) is 0 Å². The van der Waals surface area contributed by atoms with Gasteiger partial charge in [0.2, 0.25) is 0 Å². The summed E-state index contributed by atoms with van der Waals surface area (Å²) in [6.07, 6.45) is 8.37. The van der Waals surface area contributed by atoms with Gasteiger partial charge in [-0.05, 0) is 36.1 Å². The Bertz CT molecular complexity index is 660. The fraction of sp³-hybridized carbons (Fsp3) is 0.200. The van der Waals surface area contributed by atoms with E-state index in [1.165, 1.54) is 7.11 Å². The molecule has 0 heterocycles. The molecule has 3 nitrogen and oxygen atoms in total. The maximum absolute atomic E-state index is 9.99. The molecule has 0 bridgehead atoms. The van der Waals surface area contributed by atoms with Crippen LogP contribution in [0, 0.1) is 0 Å². The highest BCUT2D eigenvalue weighted by molar-refractivity contribution is 5.50. The number of hydrogen-bond acceptors (Lipinski definition) is 3. The first kappa shape index (κ1) is 16.8. The minimum atomic E-state index is -0.504. The molecule has 23 heavy (non-hydrogen) atoms. The molecule has 1 unspecified atom stereocenters. The van der Waals surface area contributed by atoms with Crippen LogP contribution >= 0.6 is 0 Å². The molecule has 0 aliphatic rings. The van der Waals surface area contributed by atoms with E-state index >= 15 is 0 Å². The first-order valence-corrected chi connectivity index (χ1v) is 7.63. The normalized spacial score (nSPS) is 12.8. The molecule has 0 aromatic heterocycles. The molecule has 0 amide bonds. The van der Waals surface area contributed by atoms with Gasteiger partial charge in [0.1, 0.15) is 0 Å². The zero-order valence-corrected chi connectivity index (χ0v) is 13.2. The van der Waals surface area contributed by atoms with Crippen LogP contribution < -0.4 is 4.74 Å². The van der Waals surface area contributed by atoms with E-state index in [4.69, 9.17) is 4.74 Å². The van der Waals surface area contributed by atoms with E-state index in [9.17, 15) is 10.2 Å². The van der Waals surface area contributed by atoms with Crippen molar-refractivity contribution in [3.8, 4) is 11.5 Å². The van der Waals surface area contributed by atoms with Crippen molar-refractivity contribution in [2.75, 3.05) is 7.11 Å². The van der Waals surface area contributed by atoms with Crippen molar-refractivity contribution >= 4 is 6.08 Å². The molecule has 0 fully saturated rings. The van der Waals surface area contributed by atoms with Crippen molar-refractivity contribution in [1.82, 2.24) is 0 Å². The molecule has 0 aliphatic heterocycles. The Morgan fingerprint density at radius 1 is 1.09 bits per heavy atom. The van der Waals surface area contributed by atoms with E-state index in [0.29, 0.717) is 18.6 Å². The smallest absolute Gasteiger partial charge is 0.160 e. The highest BCUT2D eigenvalue weighted by atomic mass is 16.5. The van der Waals surface area contributed by atoms with Crippen LogP contribution in [-0.4, -0.2) is 23.4 Å². The summed E-state index contributed by atoms with van der Waals surface area (Å²) in [5.74, 6) is 0.584. The van der Waals surface area contributed by atoms with Crippen LogP contribution in [0.5, 0.6) is 11.5 Å². The van der Waals surface area contributed by atoms with E-state index in [0.717, 1.165) is 11.1 Å². The van der Waals surface area contributed by atoms with E-state index < -0.39 is 6.10 Å². The number of methoxy groups -OCH3 is 1. The molecule has 0 saturated heterocycles. The van der Waals surface area contributed by atoms with Crippen LogP contribution in [0.4, 0.5) is 0 Å². The molecule has 2 aromatic rings. The quantitative estimate of drug-likeness (QED) is 0.761. The SMILES string of the molecule is COc1cc(CCC(O)/C=C/C=C/c2ccccc2)ccc1O. The Hall–Kier alpha value is -2.52. The number of allylic oxidation sites excluding steroid dienone is 2. The fourth-order valence-corrected chi connectivity index (χ4v) is 2.21. The number of aliphatic hydroxyl groups excluding tert-OH is 1. The van der Waals surface area contributed by atoms with Crippen molar-refractivity contribution in [2.24, 2.45) is 0 Å². The zero-order valence-electron chi connectivity index (χ0n) is 13.2. The van der Waals surface area contributed by atoms with Crippen molar-refractivity contribution < 1.29 is 14.9 Å². The molecule has 2 N–H and O–H groups in total. The van der Waals surface area contributed by atoms with Gasteiger partial charge in [0.05, 0.1) is 13.2 Å². The molecular formula is C20H22O3. The fourth-order valence-electron chi connectivity index (χ4n) is 2.21. The van der Waals surface area contributed by atoms with Gasteiger partial charge >= 0.3 is 0 Å². The zero-order chi connectivity index (χ0) is 16.5. The summed E-state index contributed by atoms with van der Waals surface area (Å²) in [5, 5.41) is 19.5. The van der Waals surface area contributed by atoms with Gasteiger partial charge < -0.3 is 14.9 Å². The predicted octanol–water partition coefficient (Wildman–Crippen LogP) is 3.96. The highest BCUT2D eigenvalue weighted by Gasteiger charge is 2.04. The van der Waals surface area contributed by atoms with Gasteiger partial charge in [-0.15, -0.1) is 0 Å². The molecular weight excluding hydrogens is 288 g/mol. The number of ether oxygens (including phenoxy) is 1. The van der Waals surface area contributed by atoms with Gasteiger partial charge in [0.15, 0.2) is 11.5 Å². The van der Waals surface area contributed by atoms with Gasteiger partial charge in [-0.3, -0.25) is 0 Å². The second kappa shape index (κ2) is 8.81. The molecule has 2 rings (SSSR count). The van der Waals surface area contributed by atoms with Gasteiger partial charge in [-0.25, -0.2) is 0 Å². The third kappa shape index (κ3) is 5.64. The molecule has 0 aliphatic carbocycles. The Kier molecular flexibility index (Phi) is 6.45. The summed E-state index contributed by atoms with van der Waals surface area (Å²) in [5.41, 5.74) is 2.15. The van der Waals surface area contributed by atoms with Crippen molar-refractivity contribution in [1.29, 1.82) is 0 Å². The lowest BCUT2D eigenvalue weighted by Gasteiger charge is -2.08. The van der Waals surface area contributed by atoms with E-state index in [1.54, 1.807) is 18.2 Å². The van der Waals surface area contributed by atoms with Crippen LogP contribution in [-0.2, 0) is 6.42 Å². The Morgan fingerprint density at radius 2 is 1.87 bits per heavy atom. The summed E-state index contributed by atoms with van der Waals surface area (Å²) >= 11 is 0. The van der Waals surface area contributed by atoms with E-state index in [1.807, 2.05) is 54.6 Å². The Morgan fingerprint density at radius 3 is 2.61 bits per heavy atom. The first-order chi connectivity index (χ1) is 11.2. The average molecular weight is 310 g/mol. The maximum atomic E-state index is 9.99. The first-order valence-electron chi connectivity index (χ1n) is 7.63. The second-order valence-corrected chi connectivity index (χ2v) is 5.27. The van der Waals surface area contributed by atoms with Crippen LogP contribution in [0.25, 0.3) is 6.08 Å². The standard InChI is InChI=1S/C20H22O3/c1-23-20-15-17(12-14-19(20)22)11-13-18(21)10-6-5-9-16-7-3-2-4-8-16/h2-10,12,14-15,18,21-22H,11,13H2,1H3/b9-5+,10-6+. The molecule has 1 atom stereocenters. The van der Waals surface area contributed by atoms with E-state index in [2.05, 4.69) is 0 Å². The third-order valence-electron chi connectivity index (χ3n) is 3.51. The number of phenolic OH excluding ortho intramolecular Hbond substituents is 1. The molecule has 0 radical (unpaired) electrons. The third-order valence-corrected chi connectivity index (χ3v) is 3.51. The van der Waals surface area contributed by atoms with Gasteiger partial charge in [0, 0.05) is 0 Å². The maximum Gasteiger partial charge on any atom is 0.160 e. The monoisotopic (exact) mass is 310 g/mol. The van der Waals surface area contributed by atoms with Crippen molar-refractivity contribution in [3.05, 3.63) is 77.9 Å². The topological polar surface area (TPSA) is 49.7 Å². The van der Waals surface area contributed by atoms with Gasteiger partial charge in [-0.1, -0.05) is 60.7 Å². The minimum Gasteiger partial charge on any atom is -0.504 e. The summed E-state index contributed by atoms with van der Waals surface area (Å²) in [6, 6.07) is 15.3. The lowest BCUT2D eigenvalue weighted by atomic mass is 10.1. The molecule has 2 aromatic carbocycles. The van der Waals surface area contributed by atoms with E-state index in [-0.39, 0.29) is 5.75 Å². The number of phenols is 1. The lowest BCUT2D eigenvalue weighted by molar-refractivity contribution is 0.213. The number of hydrogen-bond donors (Lipinski definition) is 2. The predicted molar refractivity (Wildman–Crippen MR) is 93.6 cm³/mol. The summed E-state index contributed by atoms with van der Waals surface area (Å²) in [6.45, 7) is 0. The largest absolute Gasteiger partial charge is 0.504 e. The summed E-state index contributed by atoms with van der Waals surface area (Å²) in [4.78, 5) is 0. The Labute approximate surface area is 137 Å². The number of rotatable bonds is 7. The lowest BCUT2D eigenvalue weighted by Crippen LogP contribution is -2.03. The summed E-state index contributed by atoms with van der Waals surface area (Å²) in [7, 11) is 1.52. The number of aliphatic hydroxyl groups is 1. The summed E-state index contributed by atoms with van der Waals surface area (Å²) < 4.78 is 5.08. The van der Waals surface area contributed by atoms with Crippen LogP contribution in [0.2, 0.25) is 0 Å². The van der Waals surface area contributed by atoms with Gasteiger partial charge in [0.25, 0.3) is 0 Å². The average Bonchev–Trinajstić information content (AvgIpc) is 2.59. The number of benzene rings is 2. The van der Waals surface area contributed by atoms with Crippen LogP contribution in [0.15, 0.2) is 66.8 Å². The number of aromatic hydroxyl groups is 1. The van der Waals surface area contributed by atoms with Crippen LogP contribution in [0.1, 0.15) is 17.5 Å². The molecule has 120 valence electrons. The van der Waals surface area contributed by atoms with Crippen molar-refractivity contribution in [3.63, 3.8) is 0 Å². The van der Waals surface area contributed by atoms with Crippen LogP contribution in [0.3, 0.4) is 0 Å². The second-order valence-electron chi connectivity index (χ2n) is 5.27. The Balaban J connectivity index is 1.82. The highest BCUT2D eigenvalue weighted by Crippen LogP contribution is 2.26. The molecule has 0 saturated carbocycles. The number of aryl methyl sites for hydroxylation is 1. The molecule has 0 spiro atoms.